The third-order valence-corrected chi connectivity index (χ3v) is 3.42. The van der Waals surface area contributed by atoms with Crippen LogP contribution >= 0.6 is 0 Å². The van der Waals surface area contributed by atoms with E-state index in [-0.39, 0.29) is 12.5 Å². The Labute approximate surface area is 93.9 Å². The molecule has 1 aliphatic rings. The minimum atomic E-state index is 0.239. The molecule has 0 heterocycles. The van der Waals surface area contributed by atoms with Crippen LogP contribution in [0.4, 0.5) is 0 Å². The molecule has 1 rings (SSSR count). The average Bonchev–Trinajstić information content (AvgIpc) is 2.15. The van der Waals surface area contributed by atoms with E-state index >= 15 is 0 Å². The van der Waals surface area contributed by atoms with Crippen LogP contribution in [0.15, 0.2) is 23.3 Å². The van der Waals surface area contributed by atoms with E-state index in [1.165, 1.54) is 30.4 Å². The molecule has 0 aromatic heterocycles. The monoisotopic (exact) mass is 208 g/mol. The van der Waals surface area contributed by atoms with Gasteiger partial charge in [-0.25, -0.2) is 0 Å². The first-order valence-electron chi connectivity index (χ1n) is 5.96. The molecule has 1 aliphatic carbocycles. The fourth-order valence-corrected chi connectivity index (χ4v) is 2.33. The second kappa shape index (κ2) is 4.98. The van der Waals surface area contributed by atoms with Gasteiger partial charge < -0.3 is 5.11 Å². The van der Waals surface area contributed by atoms with Crippen molar-refractivity contribution in [3.05, 3.63) is 23.3 Å². The van der Waals surface area contributed by atoms with Crippen LogP contribution in [0.5, 0.6) is 0 Å². The summed E-state index contributed by atoms with van der Waals surface area (Å²) in [5.74, 6) is 0.267. The third kappa shape index (κ3) is 3.20. The Bertz CT molecular complexity index is 271. The lowest BCUT2D eigenvalue weighted by Gasteiger charge is -2.33. The van der Waals surface area contributed by atoms with Gasteiger partial charge in [0, 0.05) is 6.61 Å². The van der Waals surface area contributed by atoms with Gasteiger partial charge in [-0.3, -0.25) is 0 Å². The van der Waals surface area contributed by atoms with E-state index in [0.717, 1.165) is 0 Å². The van der Waals surface area contributed by atoms with Gasteiger partial charge >= 0.3 is 0 Å². The lowest BCUT2D eigenvalue weighted by Crippen LogP contribution is -2.19. The van der Waals surface area contributed by atoms with Crippen molar-refractivity contribution in [1.29, 1.82) is 0 Å². The van der Waals surface area contributed by atoms with Gasteiger partial charge in [-0.1, -0.05) is 38.5 Å². The fourth-order valence-electron chi connectivity index (χ4n) is 2.33. The second-order valence-electron chi connectivity index (χ2n) is 5.45. The Morgan fingerprint density at radius 2 is 2.13 bits per heavy atom. The van der Waals surface area contributed by atoms with Gasteiger partial charge in [0.1, 0.15) is 0 Å². The van der Waals surface area contributed by atoms with E-state index in [4.69, 9.17) is 5.11 Å². The minimum Gasteiger partial charge on any atom is -0.396 e. The van der Waals surface area contributed by atoms with Crippen LogP contribution in [-0.2, 0) is 0 Å². The van der Waals surface area contributed by atoms with Crippen molar-refractivity contribution < 1.29 is 5.11 Å². The molecule has 0 radical (unpaired) electrons. The SMILES string of the molecule is CC1=C(/C=C/[C@@H](C)CO)C(C)(C)CCC1. The number of rotatable bonds is 3. The van der Waals surface area contributed by atoms with Crippen LogP contribution in [0.1, 0.15) is 47.0 Å². The van der Waals surface area contributed by atoms with E-state index in [0.29, 0.717) is 5.41 Å². The Morgan fingerprint density at radius 1 is 1.47 bits per heavy atom. The van der Waals surface area contributed by atoms with Crippen molar-refractivity contribution >= 4 is 0 Å². The van der Waals surface area contributed by atoms with Gasteiger partial charge in [0.05, 0.1) is 0 Å². The number of aliphatic hydroxyl groups is 1. The molecule has 1 heteroatoms. The Kier molecular flexibility index (Phi) is 4.15. The molecular formula is C14H24O. The van der Waals surface area contributed by atoms with Crippen molar-refractivity contribution in [2.45, 2.75) is 47.0 Å². The van der Waals surface area contributed by atoms with Crippen molar-refractivity contribution in [2.75, 3.05) is 6.61 Å². The molecule has 0 aromatic rings. The van der Waals surface area contributed by atoms with E-state index < -0.39 is 0 Å². The molecule has 0 amide bonds. The van der Waals surface area contributed by atoms with Crippen molar-refractivity contribution in [3.8, 4) is 0 Å². The van der Waals surface area contributed by atoms with Crippen LogP contribution in [0.25, 0.3) is 0 Å². The van der Waals surface area contributed by atoms with Gasteiger partial charge in [0.15, 0.2) is 0 Å². The highest BCUT2D eigenvalue weighted by molar-refractivity contribution is 5.32. The standard InChI is InChI=1S/C14H24O/c1-11(10-15)7-8-13-12(2)6-5-9-14(13,3)4/h7-8,11,15H,5-6,9-10H2,1-4H3/b8-7+/t11-/m1/s1. The van der Waals surface area contributed by atoms with Gasteiger partial charge in [-0.2, -0.15) is 0 Å². The summed E-state index contributed by atoms with van der Waals surface area (Å²) in [6.07, 6.45) is 8.18. The fraction of sp³-hybridized carbons (Fsp3) is 0.714. The van der Waals surface area contributed by atoms with Crippen LogP contribution < -0.4 is 0 Å². The lowest BCUT2D eigenvalue weighted by molar-refractivity contribution is 0.261. The third-order valence-electron chi connectivity index (χ3n) is 3.42. The summed E-state index contributed by atoms with van der Waals surface area (Å²) < 4.78 is 0. The maximum absolute atomic E-state index is 8.99. The molecule has 0 bridgehead atoms. The predicted molar refractivity (Wildman–Crippen MR) is 65.7 cm³/mol. The van der Waals surface area contributed by atoms with Crippen LogP contribution in [0.2, 0.25) is 0 Å². The minimum absolute atomic E-state index is 0.239. The summed E-state index contributed by atoms with van der Waals surface area (Å²) in [7, 11) is 0. The van der Waals surface area contributed by atoms with Gasteiger partial charge in [0.25, 0.3) is 0 Å². The highest BCUT2D eigenvalue weighted by Gasteiger charge is 2.26. The Morgan fingerprint density at radius 3 is 2.67 bits per heavy atom. The molecule has 86 valence electrons. The largest absolute Gasteiger partial charge is 0.396 e. The highest BCUT2D eigenvalue weighted by atomic mass is 16.3. The van der Waals surface area contributed by atoms with E-state index in [9.17, 15) is 0 Å². The zero-order chi connectivity index (χ0) is 11.5. The van der Waals surface area contributed by atoms with Crippen LogP contribution in [-0.4, -0.2) is 11.7 Å². The zero-order valence-corrected chi connectivity index (χ0v) is 10.5. The Balaban J connectivity index is 2.85. The van der Waals surface area contributed by atoms with Gasteiger partial charge in [-0.15, -0.1) is 0 Å². The molecule has 1 nitrogen and oxygen atoms in total. The molecule has 15 heavy (non-hydrogen) atoms. The molecule has 0 saturated heterocycles. The first kappa shape index (κ1) is 12.5. The van der Waals surface area contributed by atoms with E-state index in [1.807, 2.05) is 6.92 Å². The van der Waals surface area contributed by atoms with Crippen LogP contribution in [0, 0.1) is 11.3 Å². The Hall–Kier alpha value is -0.560. The molecule has 0 spiro atoms. The zero-order valence-electron chi connectivity index (χ0n) is 10.5. The summed E-state index contributed by atoms with van der Waals surface area (Å²) in [4.78, 5) is 0. The maximum atomic E-state index is 8.99. The summed E-state index contributed by atoms with van der Waals surface area (Å²) in [5.41, 5.74) is 3.32. The topological polar surface area (TPSA) is 20.2 Å². The molecule has 0 fully saturated rings. The van der Waals surface area contributed by atoms with Gasteiger partial charge in [0.2, 0.25) is 0 Å². The molecule has 1 N–H and O–H groups in total. The number of aliphatic hydroxyl groups excluding tert-OH is 1. The molecule has 0 saturated carbocycles. The summed E-state index contributed by atoms with van der Waals surface area (Å²) in [5, 5.41) is 8.99. The van der Waals surface area contributed by atoms with E-state index in [1.54, 1.807) is 0 Å². The summed E-state index contributed by atoms with van der Waals surface area (Å²) in [6.45, 7) is 9.16. The van der Waals surface area contributed by atoms with Crippen molar-refractivity contribution in [1.82, 2.24) is 0 Å². The number of hydrogen-bond donors (Lipinski definition) is 1. The molecule has 0 unspecified atom stereocenters. The normalized spacial score (nSPS) is 23.5. The first-order chi connectivity index (χ1) is 6.97. The van der Waals surface area contributed by atoms with Crippen LogP contribution in [0.3, 0.4) is 0 Å². The number of allylic oxidation sites excluding steroid dienone is 3. The van der Waals surface area contributed by atoms with Crippen molar-refractivity contribution in [3.63, 3.8) is 0 Å². The van der Waals surface area contributed by atoms with E-state index in [2.05, 4.69) is 32.9 Å². The predicted octanol–water partition coefficient (Wildman–Crippen LogP) is 3.70. The second-order valence-corrected chi connectivity index (χ2v) is 5.45. The van der Waals surface area contributed by atoms with Crippen molar-refractivity contribution in [2.24, 2.45) is 11.3 Å². The van der Waals surface area contributed by atoms with Gasteiger partial charge in [-0.05, 0) is 43.1 Å². The molecule has 0 aliphatic heterocycles. The molecular weight excluding hydrogens is 184 g/mol. The maximum Gasteiger partial charge on any atom is 0.0491 e. The molecule has 1 atom stereocenters. The summed E-state index contributed by atoms with van der Waals surface area (Å²) in [6, 6.07) is 0. The molecule has 0 aromatic carbocycles. The lowest BCUT2D eigenvalue weighted by atomic mass is 9.72. The smallest absolute Gasteiger partial charge is 0.0491 e. The quantitative estimate of drug-likeness (QED) is 0.750. The highest BCUT2D eigenvalue weighted by Crippen LogP contribution is 2.40. The average molecular weight is 208 g/mol. The first-order valence-corrected chi connectivity index (χ1v) is 5.96. The number of hydrogen-bond acceptors (Lipinski definition) is 1. The summed E-state index contributed by atoms with van der Waals surface area (Å²) >= 11 is 0.